The Balaban J connectivity index is 1.90. The number of aliphatic hydroxyl groups excluding tert-OH is 1. The van der Waals surface area contributed by atoms with Crippen molar-refractivity contribution in [2.75, 3.05) is 13.2 Å². The third-order valence-corrected chi connectivity index (χ3v) is 2.75. The molecule has 0 spiro atoms. The molecule has 1 aromatic heterocycles. The molecular weight excluding hydrogens is 249 g/mol. The molecule has 18 heavy (non-hydrogen) atoms. The first kappa shape index (κ1) is 13.3. The molecule has 0 unspecified atom stereocenters. The number of alkyl halides is 3. The lowest BCUT2D eigenvalue weighted by molar-refractivity contribution is -0.137. The highest BCUT2D eigenvalue weighted by Gasteiger charge is 2.30. The van der Waals surface area contributed by atoms with E-state index in [0.717, 1.165) is 12.3 Å². The van der Waals surface area contributed by atoms with Gasteiger partial charge >= 0.3 is 6.18 Å². The maximum Gasteiger partial charge on any atom is 0.417 e. The van der Waals surface area contributed by atoms with Crippen LogP contribution >= 0.6 is 0 Å². The molecule has 0 radical (unpaired) electrons. The van der Waals surface area contributed by atoms with Gasteiger partial charge in [-0.1, -0.05) is 0 Å². The predicted molar refractivity (Wildman–Crippen MR) is 56.7 cm³/mol. The van der Waals surface area contributed by atoms with E-state index in [1.54, 1.807) is 0 Å². The number of nitrogens with one attached hydrogen (secondary N) is 1. The van der Waals surface area contributed by atoms with Crippen molar-refractivity contribution in [3.8, 4) is 0 Å². The summed E-state index contributed by atoms with van der Waals surface area (Å²) in [5.74, 6) is 0. The zero-order valence-corrected chi connectivity index (χ0v) is 9.44. The Bertz CT molecular complexity index is 394. The number of rotatable bonds is 3. The van der Waals surface area contributed by atoms with Gasteiger partial charge < -0.3 is 15.2 Å². The first-order chi connectivity index (χ1) is 8.47. The highest BCUT2D eigenvalue weighted by molar-refractivity contribution is 5.16. The molecule has 0 amide bonds. The third kappa shape index (κ3) is 3.18. The van der Waals surface area contributed by atoms with Gasteiger partial charge in [0.05, 0.1) is 36.6 Å². The average Bonchev–Trinajstić information content (AvgIpc) is 2.72. The topological polar surface area (TPSA) is 54.4 Å². The zero-order valence-electron chi connectivity index (χ0n) is 9.44. The largest absolute Gasteiger partial charge is 0.417 e. The molecule has 2 heterocycles. The number of hydrogen-bond donors (Lipinski definition) is 2. The molecule has 0 saturated carbocycles. The van der Waals surface area contributed by atoms with Gasteiger partial charge in [-0.3, -0.25) is 4.98 Å². The maximum absolute atomic E-state index is 12.3. The second-order valence-electron chi connectivity index (χ2n) is 4.13. The summed E-state index contributed by atoms with van der Waals surface area (Å²) < 4.78 is 41.9. The number of aromatic nitrogens is 1. The molecule has 4 nitrogen and oxygen atoms in total. The van der Waals surface area contributed by atoms with Crippen LogP contribution in [0.1, 0.15) is 11.3 Å². The van der Waals surface area contributed by atoms with Crippen molar-refractivity contribution in [2.24, 2.45) is 0 Å². The predicted octanol–water partition coefficient (Wildman–Crippen LogP) is 0.950. The van der Waals surface area contributed by atoms with E-state index >= 15 is 0 Å². The van der Waals surface area contributed by atoms with Gasteiger partial charge in [0.15, 0.2) is 0 Å². The van der Waals surface area contributed by atoms with E-state index in [9.17, 15) is 18.3 Å². The highest BCUT2D eigenvalue weighted by atomic mass is 19.4. The highest BCUT2D eigenvalue weighted by Crippen LogP contribution is 2.28. The Morgan fingerprint density at radius 3 is 2.67 bits per heavy atom. The Labute approximate surface area is 102 Å². The number of aliphatic hydroxyl groups is 1. The van der Waals surface area contributed by atoms with Crippen molar-refractivity contribution in [2.45, 2.75) is 24.9 Å². The summed E-state index contributed by atoms with van der Waals surface area (Å²) in [6.07, 6.45) is -4.15. The Kier molecular flexibility index (Phi) is 3.84. The van der Waals surface area contributed by atoms with E-state index < -0.39 is 17.8 Å². The van der Waals surface area contributed by atoms with Crippen LogP contribution in [0.2, 0.25) is 0 Å². The standard InChI is InChI=1S/C11H13F3N2O2/c12-11(13,14)7-1-2-8(15-3-7)4-16-9-5-18-6-10(9)17/h1-3,9-10,16-17H,4-6H2/t9-,10-/m1/s1. The Hall–Kier alpha value is -1.18. The quantitative estimate of drug-likeness (QED) is 0.851. The molecule has 100 valence electrons. The van der Waals surface area contributed by atoms with Gasteiger partial charge in [-0.15, -0.1) is 0 Å². The minimum Gasteiger partial charge on any atom is -0.389 e. The van der Waals surface area contributed by atoms with Crippen LogP contribution in [0.5, 0.6) is 0 Å². The molecule has 1 fully saturated rings. The smallest absolute Gasteiger partial charge is 0.389 e. The monoisotopic (exact) mass is 262 g/mol. The average molecular weight is 262 g/mol. The van der Waals surface area contributed by atoms with Crippen molar-refractivity contribution >= 4 is 0 Å². The fourth-order valence-electron chi connectivity index (χ4n) is 1.67. The van der Waals surface area contributed by atoms with E-state index in [1.807, 2.05) is 0 Å². The summed E-state index contributed by atoms with van der Waals surface area (Å²) in [6.45, 7) is 0.961. The maximum atomic E-state index is 12.3. The van der Waals surface area contributed by atoms with E-state index in [1.165, 1.54) is 6.07 Å². The number of halogens is 3. The molecule has 1 aliphatic rings. The first-order valence-corrected chi connectivity index (χ1v) is 5.48. The van der Waals surface area contributed by atoms with Gasteiger partial charge in [0.1, 0.15) is 0 Å². The Morgan fingerprint density at radius 1 is 1.39 bits per heavy atom. The number of pyridine rings is 1. The Morgan fingerprint density at radius 2 is 2.17 bits per heavy atom. The van der Waals surface area contributed by atoms with Crippen LogP contribution in [0.4, 0.5) is 13.2 Å². The van der Waals surface area contributed by atoms with Gasteiger partial charge in [-0.2, -0.15) is 13.2 Å². The van der Waals surface area contributed by atoms with Gasteiger partial charge in [0.25, 0.3) is 0 Å². The van der Waals surface area contributed by atoms with Crippen LogP contribution in [0, 0.1) is 0 Å². The molecular formula is C11H13F3N2O2. The van der Waals surface area contributed by atoms with Crippen LogP contribution in [-0.4, -0.2) is 35.5 Å². The van der Waals surface area contributed by atoms with Crippen LogP contribution in [0.3, 0.4) is 0 Å². The molecule has 2 rings (SSSR count). The molecule has 1 saturated heterocycles. The number of ether oxygens (including phenoxy) is 1. The molecule has 7 heteroatoms. The minimum atomic E-state index is -4.37. The normalized spacial score (nSPS) is 24.4. The first-order valence-electron chi connectivity index (χ1n) is 5.48. The summed E-state index contributed by atoms with van der Waals surface area (Å²) in [4.78, 5) is 3.73. The van der Waals surface area contributed by atoms with Crippen molar-refractivity contribution < 1.29 is 23.0 Å². The van der Waals surface area contributed by atoms with E-state index in [2.05, 4.69) is 10.3 Å². The van der Waals surface area contributed by atoms with E-state index in [0.29, 0.717) is 18.8 Å². The summed E-state index contributed by atoms with van der Waals surface area (Å²) >= 11 is 0. The second-order valence-corrected chi connectivity index (χ2v) is 4.13. The zero-order chi connectivity index (χ0) is 13.2. The molecule has 1 aliphatic heterocycles. The van der Waals surface area contributed by atoms with Crippen molar-refractivity contribution in [3.63, 3.8) is 0 Å². The van der Waals surface area contributed by atoms with Crippen molar-refractivity contribution in [1.29, 1.82) is 0 Å². The summed E-state index contributed by atoms with van der Waals surface area (Å²) in [7, 11) is 0. The van der Waals surface area contributed by atoms with Gasteiger partial charge in [-0.05, 0) is 12.1 Å². The van der Waals surface area contributed by atoms with Crippen molar-refractivity contribution in [3.05, 3.63) is 29.6 Å². The minimum absolute atomic E-state index is 0.200. The number of hydrogen-bond acceptors (Lipinski definition) is 4. The van der Waals surface area contributed by atoms with E-state index in [4.69, 9.17) is 4.74 Å². The fraction of sp³-hybridized carbons (Fsp3) is 0.545. The molecule has 1 aromatic rings. The van der Waals surface area contributed by atoms with E-state index in [-0.39, 0.29) is 12.6 Å². The second kappa shape index (κ2) is 5.21. The summed E-state index contributed by atoms with van der Waals surface area (Å²) in [5.41, 5.74) is -0.280. The molecule has 0 bridgehead atoms. The van der Waals surface area contributed by atoms with Gasteiger partial charge in [0, 0.05) is 12.7 Å². The van der Waals surface area contributed by atoms with Crippen LogP contribution in [-0.2, 0) is 17.5 Å². The third-order valence-electron chi connectivity index (χ3n) is 2.75. The summed E-state index contributed by atoms with van der Waals surface area (Å²) in [5, 5.41) is 12.4. The lowest BCUT2D eigenvalue weighted by Crippen LogP contribution is -2.38. The number of nitrogens with zero attached hydrogens (tertiary/aromatic N) is 1. The van der Waals surface area contributed by atoms with Gasteiger partial charge in [0.2, 0.25) is 0 Å². The fourth-order valence-corrected chi connectivity index (χ4v) is 1.67. The van der Waals surface area contributed by atoms with Crippen LogP contribution in [0.15, 0.2) is 18.3 Å². The lowest BCUT2D eigenvalue weighted by atomic mass is 10.2. The summed E-state index contributed by atoms with van der Waals surface area (Å²) in [6, 6.07) is 2.11. The van der Waals surface area contributed by atoms with Gasteiger partial charge in [-0.25, -0.2) is 0 Å². The molecule has 2 atom stereocenters. The van der Waals surface area contributed by atoms with Crippen molar-refractivity contribution in [1.82, 2.24) is 10.3 Å². The molecule has 0 aromatic carbocycles. The molecule has 2 N–H and O–H groups in total. The lowest BCUT2D eigenvalue weighted by Gasteiger charge is -2.14. The van der Waals surface area contributed by atoms with Crippen LogP contribution in [0.25, 0.3) is 0 Å². The molecule has 0 aliphatic carbocycles. The van der Waals surface area contributed by atoms with Crippen LogP contribution < -0.4 is 5.32 Å². The SMILES string of the molecule is O[C@@H]1COC[C@H]1NCc1ccc(C(F)(F)F)cn1.